The summed E-state index contributed by atoms with van der Waals surface area (Å²) in [6, 6.07) is 49.8. The predicted octanol–water partition coefficient (Wildman–Crippen LogP) is 17.8. The number of carbonyl (C=O) groups is 10. The van der Waals surface area contributed by atoms with Crippen molar-refractivity contribution in [3.8, 4) is 12.1 Å². The average Bonchev–Trinajstić information content (AvgIpc) is 1.77. The van der Waals surface area contributed by atoms with Crippen molar-refractivity contribution in [3.63, 3.8) is 0 Å². The summed E-state index contributed by atoms with van der Waals surface area (Å²) >= 11 is 23.2. The Labute approximate surface area is 935 Å². The second-order valence-electron chi connectivity index (χ2n) is 39.6. The van der Waals surface area contributed by atoms with Gasteiger partial charge in [0.25, 0.3) is 6.47 Å². The van der Waals surface area contributed by atoms with Gasteiger partial charge in [0.2, 0.25) is 17.9 Å². The maximum Gasteiger partial charge on any atom is 1.00 e. The van der Waals surface area contributed by atoms with E-state index in [1.807, 2.05) is 60.6 Å². The van der Waals surface area contributed by atoms with Crippen molar-refractivity contribution < 1.29 is 125 Å². The molecule has 8 aromatic rings. The van der Waals surface area contributed by atoms with Gasteiger partial charge in [0.1, 0.15) is 47.4 Å². The molecule has 0 bridgehead atoms. The van der Waals surface area contributed by atoms with Gasteiger partial charge in [0.05, 0.1) is 67.1 Å². The van der Waals surface area contributed by atoms with Crippen LogP contribution in [0.1, 0.15) is 193 Å². The van der Waals surface area contributed by atoms with E-state index >= 15 is 8.78 Å². The van der Waals surface area contributed by atoms with Crippen molar-refractivity contribution in [1.29, 1.82) is 10.5 Å². The number of urea groups is 3. The summed E-state index contributed by atoms with van der Waals surface area (Å²) in [5.74, 6) is -2.65. The number of aliphatic imine (C=N–C) groups is 1. The molecule has 12 N–H and O–H groups in total. The molecule has 0 spiro atoms. The Balaban J connectivity index is 0.000000343. The van der Waals surface area contributed by atoms with Gasteiger partial charge in [-0.15, -0.1) is 37.2 Å². The number of benzene rings is 8. The molecule has 0 aromatic heterocycles. The van der Waals surface area contributed by atoms with Crippen LogP contribution in [-0.4, -0.2) is 179 Å². The number of halogens is 9. The summed E-state index contributed by atoms with van der Waals surface area (Å²) in [6.07, 6.45) is 11.0. The molecule has 0 radical (unpaired) electrons. The maximum absolute atomic E-state index is 15.5. The zero-order chi connectivity index (χ0) is 107. The van der Waals surface area contributed by atoms with Crippen LogP contribution in [0.15, 0.2) is 187 Å². The van der Waals surface area contributed by atoms with Crippen LogP contribution in [0.25, 0.3) is 0 Å². The predicted molar refractivity (Wildman–Crippen MR) is 574 cm³/mol. The third-order valence-corrected chi connectivity index (χ3v) is 27.8. The molecule has 8 aromatic carbocycles. The first-order valence-corrected chi connectivity index (χ1v) is 50.4. The van der Waals surface area contributed by atoms with Crippen molar-refractivity contribution in [1.82, 2.24) is 29.6 Å². The zero-order valence-electron chi connectivity index (χ0n) is 85.1. The molecule has 5 heterocycles. The van der Waals surface area contributed by atoms with Gasteiger partial charge in [-0.1, -0.05) is 143 Å². The van der Waals surface area contributed by atoms with Crippen LogP contribution in [0.2, 0.25) is 20.1 Å². The fourth-order valence-electron chi connectivity index (χ4n) is 17.2. The Kier molecular flexibility index (Phi) is 52.1. The van der Waals surface area contributed by atoms with Gasteiger partial charge in [0, 0.05) is 63.3 Å². The number of aliphatic carboxylic acids is 3. The molecule has 2 aliphatic carbocycles. The number of rotatable bonds is 24. The molecule has 15 rings (SSSR count). The van der Waals surface area contributed by atoms with Crippen molar-refractivity contribution in [2.45, 2.75) is 211 Å². The van der Waals surface area contributed by atoms with Crippen LogP contribution in [0, 0.1) is 75.7 Å². The van der Waals surface area contributed by atoms with Gasteiger partial charge in [-0.25, -0.2) is 51.3 Å². The number of nitrogens with two attached hydrogens (primary N) is 1. The van der Waals surface area contributed by atoms with E-state index in [1.54, 1.807) is 178 Å². The number of isocyanates is 1. The molecule has 44 heteroatoms. The SMILES string of the molecule is C[C@@H]1CN[C@H](C(=O)O)C1.C[C@H]1C[C@@H](C(=O)Nc2cc(C(CCC3CC3)(N[S@](=O)C(C)(C)C)c3cccc(C#N)c3)ccc2F)N(C(=O)Nc2ccc(Cl)cc2)C1.C[C@H]1C[C@@H](C(=O)Nc2cc(C(N)(CCC3CC3)c3cccc(C#N)c3)ccc2F)N(C(=O)Nc2ccc(Cl)cc2)C1.C[C@H]1C[C@@H](C(=O)O)N(C(=O)Nc2ccc(Cl)cc2)C1.C[C@H]1C[C@@H](C(=O)O)N(C(=O)OC(C)(C)C)C1.Cl.Cl.Cl.O=C=Nc1ccc(Cl)cc1.O=CO[O-].[Na+]. The van der Waals surface area contributed by atoms with Crippen LogP contribution in [0.4, 0.5) is 62.1 Å². The maximum atomic E-state index is 15.5. The van der Waals surface area contributed by atoms with Crippen molar-refractivity contribution >= 4 is 195 Å². The van der Waals surface area contributed by atoms with Crippen LogP contribution in [-0.2, 0) is 65.2 Å². The minimum Gasteiger partial charge on any atom is -0.662 e. The number of likely N-dealkylation sites (tertiary alicyclic amines) is 4. The molecule has 7 fully saturated rings. The number of carboxylic acid groups (broad SMARTS) is 3. The molecule has 2 saturated carbocycles. The largest absolute Gasteiger partial charge is 1.00 e. The third-order valence-electron chi connectivity index (χ3n) is 25.1. The van der Waals surface area contributed by atoms with Crippen LogP contribution in [0.5, 0.6) is 0 Å². The zero-order valence-corrected chi connectivity index (χ0v) is 93.4. The van der Waals surface area contributed by atoms with Crippen molar-refractivity contribution in [2.24, 2.45) is 52.2 Å². The van der Waals surface area contributed by atoms with Gasteiger partial charge in [-0.05, 0) is 315 Å². The number of anilines is 5. The van der Waals surface area contributed by atoms with Gasteiger partial charge in [0.15, 0.2) is 0 Å². The van der Waals surface area contributed by atoms with Crippen LogP contribution < -0.4 is 77.2 Å². The van der Waals surface area contributed by atoms with Gasteiger partial charge < -0.3 is 82.5 Å². The Morgan fingerprint density at radius 2 is 0.860 bits per heavy atom. The second kappa shape index (κ2) is 60.4. The Morgan fingerprint density at radius 1 is 0.507 bits per heavy atom. The number of nitrogens with zero attached hydrogens (tertiary/aromatic N) is 7. The van der Waals surface area contributed by atoms with Gasteiger partial charge in [-0.2, -0.15) is 15.5 Å². The van der Waals surface area contributed by atoms with E-state index in [9.17, 15) is 62.7 Å². The van der Waals surface area contributed by atoms with E-state index in [2.05, 4.69) is 65.6 Å². The van der Waals surface area contributed by atoms with Crippen LogP contribution in [0.3, 0.4) is 0 Å². The second-order valence-corrected chi connectivity index (χ2v) is 43.3. The first kappa shape index (κ1) is 129. The molecule has 5 aliphatic heterocycles. The summed E-state index contributed by atoms with van der Waals surface area (Å²) < 4.78 is 52.3. The monoisotopic (exact) mass is 2240 g/mol. The Bertz CT molecular complexity index is 6070. The van der Waals surface area contributed by atoms with Gasteiger partial charge >= 0.3 is 71.7 Å². The van der Waals surface area contributed by atoms with E-state index < -0.39 is 116 Å². The topological polar surface area (TPSA) is 490 Å². The normalized spacial score (nSPS) is 20.0. The first-order chi connectivity index (χ1) is 69.1. The Morgan fingerprint density at radius 3 is 1.22 bits per heavy atom. The summed E-state index contributed by atoms with van der Waals surface area (Å²) in [6.45, 7) is 23.1. The molecule has 2 unspecified atom stereocenters. The molecule has 33 nitrogen and oxygen atoms in total. The minimum atomic E-state index is -1.54. The van der Waals surface area contributed by atoms with Crippen molar-refractivity contribution in [3.05, 3.63) is 247 Å². The summed E-state index contributed by atoms with van der Waals surface area (Å²) in [5, 5.41) is 73.2. The van der Waals surface area contributed by atoms with Crippen molar-refractivity contribution in [2.75, 3.05) is 59.3 Å². The molecule has 7 aliphatic rings. The number of nitrogens with one attached hydrogen (secondary N) is 7. The number of hydrogen-bond donors (Lipinski definition) is 11. The van der Waals surface area contributed by atoms with E-state index in [1.165, 1.54) is 50.7 Å². The fourth-order valence-corrected chi connectivity index (χ4v) is 18.7. The number of nitriles is 2. The minimum absolute atomic E-state index is 0. The third kappa shape index (κ3) is 39.2. The molecule has 9 amide bonds. The van der Waals surface area contributed by atoms with Crippen LogP contribution >= 0.6 is 83.6 Å². The Hall–Kier alpha value is -11.1. The summed E-state index contributed by atoms with van der Waals surface area (Å²) in [4.78, 5) is 140. The fraction of sp³-hybridized carbons (Fsp3) is 0.425. The number of carbonyl (C=O) groups excluding carboxylic acids is 8. The quantitative estimate of drug-likeness (QED) is 0.00668. The van der Waals surface area contributed by atoms with E-state index in [4.69, 9.17) is 82.2 Å². The first-order valence-electron chi connectivity index (χ1n) is 47.7. The molecule has 13 atom stereocenters. The molecule has 150 heavy (non-hydrogen) atoms. The van der Waals surface area contributed by atoms with E-state index in [0.29, 0.717) is 148 Å². The summed E-state index contributed by atoms with van der Waals surface area (Å²) in [5.41, 5.74) is 10.4. The molecule has 5 saturated heterocycles. The average molecular weight is 2240 g/mol. The molecule has 804 valence electrons. The smallest absolute Gasteiger partial charge is 0.662 e. The van der Waals surface area contributed by atoms with E-state index in [0.717, 1.165) is 49.8 Å². The number of carboxylic acids is 3. The van der Waals surface area contributed by atoms with E-state index in [-0.39, 0.29) is 120 Å². The standard InChI is InChI=1S/C36H41ClFN5O3S.C32H33ClFN5O2.C13H15ClN2O3.C11H19NO4.C7H4ClNO.C6H11NO2.CH2O3.3ClH.Na/c1-23-18-32(43(22-23)34(45)40-29-13-11-28(37)12-14-29)33(44)41-31-20-27(10-15-30(31)38)36(17-16-24-8-9-24,42-47(46)35(2,3)4)26-7-5-6-25(19-26)21-39;1-20-15-29(39(19-20)31(41)37-26-10-8-25(33)9-11-26)30(40)38-28-17-24(7-12-27(28)34)32(36,14-13-21-5-6-21)23-4-2-3-22(16-23)18-35;1-8-6-11(12(17)18)16(7-8)13(19)15-10-4-2-9(14)3-5-10;1-7-5-8(9(13)14)12(6-7)10(15)16-11(2,3)4;8-6-1-3-7(4-2-6)9-5-10;1-4-2-5(6(8)9)7-3-4;2-1-4-3;;;;/h5-7,10-15,19-20,23-24,32,42H,8-9,16-18,22H2,1-4H3,(H,40,45)(H,41,44);2-4,7-12,16-17,20-21,29H,5-6,13-15,19,36H2,1H3,(H,37,41)(H,38,40);2-5,8,11H,6-7H2,1H3,(H,15,19)(H,17,18);7-8H,5-6H2,1-4H3,(H,13,14);1-4H;4-5,7H,2-3H2,1H3,(H,8,9);1,3H;3*1H;/q;;;;;;;;;;+1/p-1/t23-,32-,36?,47+;20-,29-,32?;8-,11-;7-,8-;;4-,5-;;;;;/m0000.0...../s1. The van der Waals surface area contributed by atoms with Gasteiger partial charge in [-0.3, -0.25) is 24.1 Å². The molecular formula is C106H127Cl7F2N15NaO18S. The number of ether oxygens (including phenoxy) is 1. The molecular weight excluding hydrogens is 2110 g/mol. The number of hydrogen-bond acceptors (Lipinski definition) is 20. The number of amides is 9. The summed E-state index contributed by atoms with van der Waals surface area (Å²) in [7, 11) is -1.54.